The Morgan fingerprint density at radius 2 is 2.13 bits per heavy atom. The van der Waals surface area contributed by atoms with Gasteiger partial charge in [-0.05, 0) is 18.2 Å². The van der Waals surface area contributed by atoms with Crippen molar-refractivity contribution < 1.29 is 0 Å². The first-order valence-electron chi connectivity index (χ1n) is 4.35. The number of hydrogen-bond donors (Lipinski definition) is 1. The van der Waals surface area contributed by atoms with Crippen molar-refractivity contribution in [1.29, 1.82) is 0 Å². The highest BCUT2D eigenvalue weighted by molar-refractivity contribution is 7.16. The van der Waals surface area contributed by atoms with Gasteiger partial charge in [-0.25, -0.2) is 0 Å². The van der Waals surface area contributed by atoms with E-state index in [1.807, 2.05) is 12.1 Å². The summed E-state index contributed by atoms with van der Waals surface area (Å²) in [6, 6.07) is 6.78. The molecule has 0 saturated heterocycles. The van der Waals surface area contributed by atoms with Crippen LogP contribution in [-0.4, -0.2) is 4.57 Å². The second-order valence-electron chi connectivity index (χ2n) is 3.13. The molecule has 2 aromatic rings. The van der Waals surface area contributed by atoms with Crippen molar-refractivity contribution in [3.63, 3.8) is 0 Å². The number of nitrogens with two attached hydrogens (primary N) is 1. The van der Waals surface area contributed by atoms with Gasteiger partial charge in [0.25, 0.3) is 5.56 Å². The predicted octanol–water partition coefficient (Wildman–Crippen LogP) is 2.19. The van der Waals surface area contributed by atoms with Crippen molar-refractivity contribution in [2.75, 3.05) is 5.73 Å². The Hall–Kier alpha value is -1.26. The van der Waals surface area contributed by atoms with E-state index in [1.165, 1.54) is 17.4 Å². The quantitative estimate of drug-likeness (QED) is 0.875. The molecule has 2 N–H and O–H groups in total. The summed E-state index contributed by atoms with van der Waals surface area (Å²) >= 11 is 7.27. The number of nitrogen functional groups attached to an aromatic ring is 1. The molecule has 2 heterocycles. The lowest BCUT2D eigenvalue weighted by atomic mass is 10.4. The molecule has 0 radical (unpaired) electrons. The average molecular weight is 241 g/mol. The Kier molecular flexibility index (Phi) is 2.79. The summed E-state index contributed by atoms with van der Waals surface area (Å²) in [5.41, 5.74) is 6.12. The normalized spacial score (nSPS) is 10.5. The molecular formula is C10H9ClN2OS. The fourth-order valence-electron chi connectivity index (χ4n) is 1.28. The van der Waals surface area contributed by atoms with Crippen LogP contribution in [0, 0.1) is 0 Å². The Bertz CT molecular complexity index is 532. The monoisotopic (exact) mass is 240 g/mol. The van der Waals surface area contributed by atoms with E-state index in [0.717, 1.165) is 9.21 Å². The first-order chi connectivity index (χ1) is 7.15. The molecule has 0 unspecified atom stereocenters. The molecule has 2 rings (SSSR count). The van der Waals surface area contributed by atoms with Crippen LogP contribution in [0.4, 0.5) is 5.69 Å². The predicted molar refractivity (Wildman–Crippen MR) is 63.5 cm³/mol. The number of pyridine rings is 1. The van der Waals surface area contributed by atoms with Gasteiger partial charge >= 0.3 is 0 Å². The van der Waals surface area contributed by atoms with E-state index in [1.54, 1.807) is 16.8 Å². The molecule has 0 atom stereocenters. The molecule has 0 aliphatic rings. The van der Waals surface area contributed by atoms with Gasteiger partial charge in [-0.3, -0.25) is 4.79 Å². The van der Waals surface area contributed by atoms with Gasteiger partial charge in [-0.15, -0.1) is 11.3 Å². The van der Waals surface area contributed by atoms with Crippen molar-refractivity contribution >= 4 is 28.6 Å². The highest BCUT2D eigenvalue weighted by Crippen LogP contribution is 2.21. The largest absolute Gasteiger partial charge is 0.398 e. The van der Waals surface area contributed by atoms with Crippen LogP contribution in [0.5, 0.6) is 0 Å². The van der Waals surface area contributed by atoms with Crippen LogP contribution < -0.4 is 11.3 Å². The average Bonchev–Trinajstić information content (AvgIpc) is 2.58. The number of hydrogen-bond acceptors (Lipinski definition) is 3. The third-order valence-electron chi connectivity index (χ3n) is 1.96. The zero-order valence-electron chi connectivity index (χ0n) is 7.81. The lowest BCUT2D eigenvalue weighted by Gasteiger charge is -2.03. The molecule has 3 nitrogen and oxygen atoms in total. The van der Waals surface area contributed by atoms with E-state index in [4.69, 9.17) is 17.3 Å². The van der Waals surface area contributed by atoms with E-state index >= 15 is 0 Å². The van der Waals surface area contributed by atoms with Crippen molar-refractivity contribution in [2.45, 2.75) is 6.54 Å². The van der Waals surface area contributed by atoms with Crippen molar-refractivity contribution in [2.24, 2.45) is 0 Å². The smallest absolute Gasteiger partial charge is 0.250 e. The second-order valence-corrected chi connectivity index (χ2v) is 4.93. The standard InChI is InChI=1S/C10H9ClN2OS/c11-9-3-2-8(15-9)6-13-5-7(12)1-4-10(13)14/h1-5H,6,12H2. The molecule has 78 valence electrons. The molecule has 0 spiro atoms. The minimum Gasteiger partial charge on any atom is -0.398 e. The first kappa shape index (κ1) is 10.3. The Balaban J connectivity index is 2.31. The maximum atomic E-state index is 11.5. The van der Waals surface area contributed by atoms with Gasteiger partial charge in [-0.2, -0.15) is 0 Å². The number of nitrogens with zero attached hydrogens (tertiary/aromatic N) is 1. The second kappa shape index (κ2) is 4.08. The van der Waals surface area contributed by atoms with Gasteiger partial charge in [0.2, 0.25) is 0 Å². The molecule has 0 bridgehead atoms. The van der Waals surface area contributed by atoms with Gasteiger partial charge in [-0.1, -0.05) is 11.6 Å². The summed E-state index contributed by atoms with van der Waals surface area (Å²) in [6.45, 7) is 0.515. The van der Waals surface area contributed by atoms with Crippen LogP contribution in [0.2, 0.25) is 4.34 Å². The highest BCUT2D eigenvalue weighted by atomic mass is 35.5. The Morgan fingerprint density at radius 1 is 1.33 bits per heavy atom. The minimum atomic E-state index is -0.0614. The highest BCUT2D eigenvalue weighted by Gasteiger charge is 2.01. The van der Waals surface area contributed by atoms with Crippen LogP contribution in [0.3, 0.4) is 0 Å². The summed E-state index contributed by atoms with van der Waals surface area (Å²) in [6.07, 6.45) is 1.63. The number of halogens is 1. The van der Waals surface area contributed by atoms with Gasteiger partial charge in [0.15, 0.2) is 0 Å². The van der Waals surface area contributed by atoms with Crippen LogP contribution in [0.15, 0.2) is 35.3 Å². The molecule has 0 aliphatic carbocycles. The van der Waals surface area contributed by atoms with Gasteiger partial charge < -0.3 is 10.3 Å². The maximum absolute atomic E-state index is 11.5. The number of rotatable bonds is 2. The van der Waals surface area contributed by atoms with Crippen LogP contribution in [0.25, 0.3) is 0 Å². The summed E-state index contributed by atoms with van der Waals surface area (Å²) in [7, 11) is 0. The summed E-state index contributed by atoms with van der Waals surface area (Å²) in [5, 5.41) is 0. The molecule has 0 saturated carbocycles. The lowest BCUT2D eigenvalue weighted by molar-refractivity contribution is 0.772. The van der Waals surface area contributed by atoms with E-state index in [0.29, 0.717) is 12.2 Å². The molecule has 2 aromatic heterocycles. The summed E-state index contributed by atoms with van der Waals surface area (Å²) in [4.78, 5) is 12.5. The molecule has 0 aromatic carbocycles. The molecule has 0 amide bonds. The van der Waals surface area contributed by atoms with E-state index in [2.05, 4.69) is 0 Å². The van der Waals surface area contributed by atoms with Gasteiger partial charge in [0.1, 0.15) is 0 Å². The summed E-state index contributed by atoms with van der Waals surface area (Å²) < 4.78 is 2.29. The Morgan fingerprint density at radius 3 is 2.80 bits per heavy atom. The fraction of sp³-hybridized carbons (Fsp3) is 0.100. The summed E-state index contributed by atoms with van der Waals surface area (Å²) in [5.74, 6) is 0. The maximum Gasteiger partial charge on any atom is 0.250 e. The van der Waals surface area contributed by atoms with Crippen molar-refractivity contribution in [3.8, 4) is 0 Å². The van der Waals surface area contributed by atoms with E-state index in [-0.39, 0.29) is 5.56 Å². The fourth-order valence-corrected chi connectivity index (χ4v) is 2.36. The topological polar surface area (TPSA) is 48.0 Å². The number of aromatic nitrogens is 1. The number of thiophene rings is 1. The number of anilines is 1. The van der Waals surface area contributed by atoms with Crippen LogP contribution >= 0.6 is 22.9 Å². The van der Waals surface area contributed by atoms with Crippen LogP contribution in [0.1, 0.15) is 4.88 Å². The minimum absolute atomic E-state index is 0.0614. The molecule has 5 heteroatoms. The Labute approximate surface area is 95.7 Å². The SMILES string of the molecule is Nc1ccc(=O)n(Cc2ccc(Cl)s2)c1. The first-order valence-corrected chi connectivity index (χ1v) is 5.55. The zero-order valence-corrected chi connectivity index (χ0v) is 9.39. The van der Waals surface area contributed by atoms with E-state index in [9.17, 15) is 4.79 Å². The molecule has 15 heavy (non-hydrogen) atoms. The van der Waals surface area contributed by atoms with E-state index < -0.39 is 0 Å². The lowest BCUT2D eigenvalue weighted by Crippen LogP contribution is -2.18. The van der Waals surface area contributed by atoms with Gasteiger partial charge in [0, 0.05) is 22.8 Å². The van der Waals surface area contributed by atoms with Gasteiger partial charge in [0.05, 0.1) is 10.9 Å². The van der Waals surface area contributed by atoms with Crippen LogP contribution in [-0.2, 0) is 6.54 Å². The zero-order chi connectivity index (χ0) is 10.8. The third-order valence-corrected chi connectivity index (χ3v) is 3.18. The molecule has 0 fully saturated rings. The van der Waals surface area contributed by atoms with Crippen molar-refractivity contribution in [1.82, 2.24) is 4.57 Å². The molecular weight excluding hydrogens is 232 g/mol. The van der Waals surface area contributed by atoms with Crippen molar-refractivity contribution in [3.05, 3.63) is 50.0 Å². The third kappa shape index (κ3) is 2.40. The molecule has 0 aliphatic heterocycles.